The van der Waals surface area contributed by atoms with Crippen molar-refractivity contribution < 1.29 is 4.79 Å². The standard InChI is InChI=1S/C19H18N4O2/c24-18-14(9-10-15(21-18)13-6-2-1-3-7-13)19(25)22-17-12-20-16-8-4-5-11-23(16)17/h1-3,6-7,9-10,12H,4-5,8,11H2,(H,21,24)(H,22,25). The van der Waals surface area contributed by atoms with Crippen LogP contribution in [0, 0.1) is 0 Å². The average molecular weight is 334 g/mol. The van der Waals surface area contributed by atoms with E-state index in [1.807, 2.05) is 34.9 Å². The number of nitrogens with one attached hydrogen (secondary N) is 2. The van der Waals surface area contributed by atoms with Gasteiger partial charge in [0.15, 0.2) is 0 Å². The highest BCUT2D eigenvalue weighted by molar-refractivity contribution is 6.03. The van der Waals surface area contributed by atoms with Gasteiger partial charge in [0.05, 0.1) is 6.20 Å². The molecule has 1 aromatic carbocycles. The van der Waals surface area contributed by atoms with Crippen LogP contribution >= 0.6 is 0 Å². The normalized spacial score (nSPS) is 13.3. The van der Waals surface area contributed by atoms with Gasteiger partial charge in [-0.1, -0.05) is 30.3 Å². The number of pyridine rings is 1. The zero-order chi connectivity index (χ0) is 17.2. The van der Waals surface area contributed by atoms with Gasteiger partial charge in [0.2, 0.25) is 0 Å². The zero-order valence-corrected chi connectivity index (χ0v) is 13.7. The van der Waals surface area contributed by atoms with Gasteiger partial charge in [-0.05, 0) is 30.5 Å². The Morgan fingerprint density at radius 1 is 1.12 bits per heavy atom. The van der Waals surface area contributed by atoms with Crippen LogP contribution in [-0.4, -0.2) is 20.4 Å². The predicted molar refractivity (Wildman–Crippen MR) is 95.6 cm³/mol. The zero-order valence-electron chi connectivity index (χ0n) is 13.7. The Labute approximate surface area is 144 Å². The molecule has 1 amide bonds. The van der Waals surface area contributed by atoms with Crippen LogP contribution in [0.5, 0.6) is 0 Å². The van der Waals surface area contributed by atoms with E-state index in [2.05, 4.69) is 15.3 Å². The van der Waals surface area contributed by atoms with E-state index in [1.54, 1.807) is 18.3 Å². The van der Waals surface area contributed by atoms with E-state index in [0.717, 1.165) is 37.2 Å². The number of aromatic amines is 1. The molecule has 6 nitrogen and oxygen atoms in total. The van der Waals surface area contributed by atoms with Crippen LogP contribution in [0.4, 0.5) is 5.82 Å². The van der Waals surface area contributed by atoms with Crippen molar-refractivity contribution in [3.63, 3.8) is 0 Å². The van der Waals surface area contributed by atoms with Crippen LogP contribution in [0.3, 0.4) is 0 Å². The number of nitrogens with zero attached hydrogens (tertiary/aromatic N) is 2. The van der Waals surface area contributed by atoms with Crippen LogP contribution in [0.2, 0.25) is 0 Å². The molecular weight excluding hydrogens is 316 g/mol. The summed E-state index contributed by atoms with van der Waals surface area (Å²) in [4.78, 5) is 31.9. The highest BCUT2D eigenvalue weighted by Crippen LogP contribution is 2.20. The topological polar surface area (TPSA) is 79.8 Å². The maximum atomic E-state index is 12.5. The van der Waals surface area contributed by atoms with Gasteiger partial charge in [-0.25, -0.2) is 4.98 Å². The van der Waals surface area contributed by atoms with Gasteiger partial charge in [0.25, 0.3) is 11.5 Å². The number of imidazole rings is 1. The van der Waals surface area contributed by atoms with Crippen molar-refractivity contribution in [2.24, 2.45) is 0 Å². The number of hydrogen-bond donors (Lipinski definition) is 2. The molecular formula is C19H18N4O2. The quantitative estimate of drug-likeness (QED) is 0.773. The first-order valence-electron chi connectivity index (χ1n) is 8.37. The fourth-order valence-electron chi connectivity index (χ4n) is 3.14. The third kappa shape index (κ3) is 2.98. The van der Waals surface area contributed by atoms with Crippen molar-refractivity contribution in [1.29, 1.82) is 0 Å². The average Bonchev–Trinajstić information content (AvgIpc) is 3.05. The summed E-state index contributed by atoms with van der Waals surface area (Å²) >= 11 is 0. The molecule has 2 N–H and O–H groups in total. The summed E-state index contributed by atoms with van der Waals surface area (Å²) in [6.45, 7) is 0.842. The largest absolute Gasteiger partial charge is 0.321 e. The Morgan fingerprint density at radius 2 is 1.96 bits per heavy atom. The summed E-state index contributed by atoms with van der Waals surface area (Å²) < 4.78 is 2.01. The van der Waals surface area contributed by atoms with Crippen LogP contribution in [-0.2, 0) is 13.0 Å². The number of hydrogen-bond acceptors (Lipinski definition) is 3. The molecule has 0 aliphatic carbocycles. The second kappa shape index (κ2) is 6.39. The molecule has 126 valence electrons. The summed E-state index contributed by atoms with van der Waals surface area (Å²) in [7, 11) is 0. The van der Waals surface area contributed by atoms with Gasteiger partial charge in [0, 0.05) is 18.7 Å². The number of aryl methyl sites for hydroxylation is 1. The fourth-order valence-corrected chi connectivity index (χ4v) is 3.14. The third-order valence-electron chi connectivity index (χ3n) is 4.45. The SMILES string of the molecule is O=C(Nc1cnc2n1CCCC2)c1ccc(-c2ccccc2)[nH]c1=O. The molecule has 4 rings (SSSR count). The van der Waals surface area contributed by atoms with Gasteiger partial charge in [-0.3, -0.25) is 9.59 Å². The molecule has 0 radical (unpaired) electrons. The van der Waals surface area contributed by atoms with Crippen molar-refractivity contribution in [3.05, 3.63) is 70.4 Å². The van der Waals surface area contributed by atoms with Crippen LogP contribution in [0.1, 0.15) is 29.0 Å². The number of amides is 1. The van der Waals surface area contributed by atoms with Crippen LogP contribution in [0.25, 0.3) is 11.3 Å². The summed E-state index contributed by atoms with van der Waals surface area (Å²) in [5, 5.41) is 2.81. The maximum absolute atomic E-state index is 12.5. The Kier molecular flexibility index (Phi) is 3.93. The molecule has 1 aliphatic rings. The molecule has 3 aromatic rings. The number of aromatic nitrogens is 3. The molecule has 0 saturated heterocycles. The lowest BCUT2D eigenvalue weighted by Crippen LogP contribution is -2.25. The molecule has 0 fully saturated rings. The Hall–Kier alpha value is -3.15. The van der Waals surface area contributed by atoms with Gasteiger partial charge in [-0.15, -0.1) is 0 Å². The van der Waals surface area contributed by atoms with Crippen molar-refractivity contribution >= 4 is 11.7 Å². The number of H-pyrrole nitrogens is 1. The summed E-state index contributed by atoms with van der Waals surface area (Å²) in [5.41, 5.74) is 1.27. The van der Waals surface area contributed by atoms with Gasteiger partial charge in [-0.2, -0.15) is 0 Å². The molecule has 0 spiro atoms. The molecule has 25 heavy (non-hydrogen) atoms. The maximum Gasteiger partial charge on any atom is 0.262 e. The number of carbonyl (C=O) groups excluding carboxylic acids is 1. The Morgan fingerprint density at radius 3 is 2.76 bits per heavy atom. The Bertz CT molecular complexity index is 973. The first-order valence-corrected chi connectivity index (χ1v) is 8.37. The third-order valence-corrected chi connectivity index (χ3v) is 4.45. The van der Waals surface area contributed by atoms with E-state index in [-0.39, 0.29) is 5.56 Å². The first-order chi connectivity index (χ1) is 12.2. The molecule has 1 aliphatic heterocycles. The van der Waals surface area contributed by atoms with E-state index in [4.69, 9.17) is 0 Å². The van der Waals surface area contributed by atoms with E-state index < -0.39 is 11.5 Å². The summed E-state index contributed by atoms with van der Waals surface area (Å²) in [6.07, 6.45) is 4.76. The van der Waals surface area contributed by atoms with Crippen molar-refractivity contribution in [1.82, 2.24) is 14.5 Å². The first kappa shape index (κ1) is 15.4. The minimum absolute atomic E-state index is 0.0889. The molecule has 0 bridgehead atoms. The number of rotatable bonds is 3. The van der Waals surface area contributed by atoms with Gasteiger partial charge in [0.1, 0.15) is 17.2 Å². The second-order valence-corrected chi connectivity index (χ2v) is 6.10. The lowest BCUT2D eigenvalue weighted by molar-refractivity contribution is 0.102. The fraction of sp³-hybridized carbons (Fsp3) is 0.211. The number of anilines is 1. The molecule has 0 unspecified atom stereocenters. The number of fused-ring (bicyclic) bond motifs is 1. The lowest BCUT2D eigenvalue weighted by Gasteiger charge is -2.16. The molecule has 0 saturated carbocycles. The lowest BCUT2D eigenvalue weighted by atomic mass is 10.1. The van der Waals surface area contributed by atoms with E-state index in [1.165, 1.54) is 0 Å². The number of benzene rings is 1. The van der Waals surface area contributed by atoms with Crippen LogP contribution < -0.4 is 10.9 Å². The van der Waals surface area contributed by atoms with Crippen molar-refractivity contribution in [2.75, 3.05) is 5.32 Å². The Balaban J connectivity index is 1.59. The summed E-state index contributed by atoms with van der Waals surface area (Å²) in [5.74, 6) is 1.20. The number of carbonyl (C=O) groups is 1. The van der Waals surface area contributed by atoms with Gasteiger partial charge < -0.3 is 14.9 Å². The van der Waals surface area contributed by atoms with Crippen molar-refractivity contribution in [3.8, 4) is 11.3 Å². The van der Waals surface area contributed by atoms with E-state index >= 15 is 0 Å². The van der Waals surface area contributed by atoms with Gasteiger partial charge >= 0.3 is 0 Å². The smallest absolute Gasteiger partial charge is 0.262 e. The molecule has 2 aromatic heterocycles. The van der Waals surface area contributed by atoms with E-state index in [0.29, 0.717) is 11.5 Å². The monoisotopic (exact) mass is 334 g/mol. The summed E-state index contributed by atoms with van der Waals surface area (Å²) in [6, 6.07) is 12.8. The van der Waals surface area contributed by atoms with E-state index in [9.17, 15) is 9.59 Å². The van der Waals surface area contributed by atoms with Crippen LogP contribution in [0.15, 0.2) is 53.5 Å². The minimum atomic E-state index is -0.422. The highest BCUT2D eigenvalue weighted by Gasteiger charge is 2.18. The predicted octanol–water partition coefficient (Wildman–Crippen LogP) is 2.83. The van der Waals surface area contributed by atoms with Crippen molar-refractivity contribution in [2.45, 2.75) is 25.8 Å². The minimum Gasteiger partial charge on any atom is -0.321 e. The molecule has 3 heterocycles. The molecule has 6 heteroatoms. The molecule has 0 atom stereocenters. The second-order valence-electron chi connectivity index (χ2n) is 6.10. The highest BCUT2D eigenvalue weighted by atomic mass is 16.2.